The van der Waals surface area contributed by atoms with E-state index in [1.165, 1.54) is 231 Å². The highest BCUT2D eigenvalue weighted by Gasteiger charge is 2.19. The third kappa shape index (κ3) is 53.6. The number of unbranched alkanes of at least 4 members (excludes halogenated alkanes) is 39. The topological polar surface area (TPSA) is 78.9 Å². The van der Waals surface area contributed by atoms with Crippen molar-refractivity contribution < 1.29 is 28.6 Å². The SMILES string of the molecule is CCCCCCCCCCCC(=O)OC[C@H](COC(=O)CCCCCCCCCCCCCCCCCCCCC(C)CC)OC(=O)CCCCCCCCCCCCCCCCCC(C)C. The predicted octanol–water partition coefficient (Wildman–Crippen LogP) is 20.0. The molecule has 0 N–H and O–H groups in total. The van der Waals surface area contributed by atoms with Gasteiger partial charge in [0, 0.05) is 19.3 Å². The van der Waals surface area contributed by atoms with E-state index in [1.807, 2.05) is 0 Å². The van der Waals surface area contributed by atoms with Crippen molar-refractivity contribution in [3.63, 3.8) is 0 Å². The molecule has 0 heterocycles. The van der Waals surface area contributed by atoms with Crippen molar-refractivity contribution in [2.75, 3.05) is 13.2 Å². The van der Waals surface area contributed by atoms with E-state index in [9.17, 15) is 14.4 Å². The normalized spacial score (nSPS) is 12.4. The number of hydrogen-bond donors (Lipinski definition) is 0. The molecule has 0 spiro atoms. The van der Waals surface area contributed by atoms with Crippen LogP contribution >= 0.6 is 0 Å². The Morgan fingerprint density at radius 2 is 0.567 bits per heavy atom. The lowest BCUT2D eigenvalue weighted by atomic mass is 9.99. The number of hydrogen-bond acceptors (Lipinski definition) is 6. The van der Waals surface area contributed by atoms with E-state index in [4.69, 9.17) is 14.2 Å². The van der Waals surface area contributed by atoms with Gasteiger partial charge in [-0.1, -0.05) is 304 Å². The summed E-state index contributed by atoms with van der Waals surface area (Å²) < 4.78 is 16.9. The summed E-state index contributed by atoms with van der Waals surface area (Å²) in [4.78, 5) is 38.1. The molecule has 0 aliphatic heterocycles. The van der Waals surface area contributed by atoms with Crippen LogP contribution in [0, 0.1) is 11.8 Å². The van der Waals surface area contributed by atoms with E-state index in [0.717, 1.165) is 69.6 Å². The molecule has 6 nitrogen and oxygen atoms in total. The molecular weight excluding hydrogens is 829 g/mol. The average Bonchev–Trinajstić information content (AvgIpc) is 3.31. The van der Waals surface area contributed by atoms with Crippen molar-refractivity contribution in [3.8, 4) is 0 Å². The molecule has 0 bridgehead atoms. The molecule has 0 radical (unpaired) electrons. The van der Waals surface area contributed by atoms with E-state index in [0.29, 0.717) is 19.3 Å². The first-order chi connectivity index (χ1) is 32.8. The largest absolute Gasteiger partial charge is 0.462 e. The molecule has 0 fully saturated rings. The molecular formula is C61H118O6. The van der Waals surface area contributed by atoms with Crippen molar-refractivity contribution in [3.05, 3.63) is 0 Å². The minimum Gasteiger partial charge on any atom is -0.462 e. The summed E-state index contributed by atoms with van der Waals surface area (Å²) in [5.74, 6) is 0.919. The standard InChI is InChI=1S/C61H118O6/c1-6-8-9-10-11-29-36-41-46-51-59(62)65-54-58(67-61(64)53-48-43-38-33-28-24-20-16-17-21-25-30-34-39-44-49-56(3)4)55-66-60(63)52-47-42-37-32-27-23-19-15-13-12-14-18-22-26-31-35-40-45-50-57(5)7-2/h56-58H,6-55H2,1-5H3/t57?,58-/m1/s1. The zero-order chi connectivity index (χ0) is 48.9. The Morgan fingerprint density at radius 3 is 0.851 bits per heavy atom. The maximum atomic E-state index is 12.8. The van der Waals surface area contributed by atoms with E-state index >= 15 is 0 Å². The molecule has 0 aliphatic carbocycles. The highest BCUT2D eigenvalue weighted by atomic mass is 16.6. The van der Waals surface area contributed by atoms with Gasteiger partial charge in [-0.05, 0) is 31.1 Å². The Balaban J connectivity index is 4.17. The molecule has 0 rings (SSSR count). The van der Waals surface area contributed by atoms with Gasteiger partial charge in [-0.3, -0.25) is 14.4 Å². The summed E-state index contributed by atoms with van der Waals surface area (Å²) in [6.45, 7) is 11.5. The first kappa shape index (κ1) is 65.4. The minimum atomic E-state index is -0.762. The molecule has 0 aromatic rings. The molecule has 0 saturated heterocycles. The summed E-state index contributed by atoms with van der Waals surface area (Å²) in [7, 11) is 0. The third-order valence-electron chi connectivity index (χ3n) is 14.3. The van der Waals surface area contributed by atoms with Gasteiger partial charge in [0.25, 0.3) is 0 Å². The van der Waals surface area contributed by atoms with Gasteiger partial charge in [0.05, 0.1) is 0 Å². The fourth-order valence-electron chi connectivity index (χ4n) is 9.37. The molecule has 1 unspecified atom stereocenters. The highest BCUT2D eigenvalue weighted by molar-refractivity contribution is 5.71. The lowest BCUT2D eigenvalue weighted by Crippen LogP contribution is -2.30. The van der Waals surface area contributed by atoms with Crippen molar-refractivity contribution >= 4 is 17.9 Å². The van der Waals surface area contributed by atoms with Crippen LogP contribution in [0.15, 0.2) is 0 Å². The van der Waals surface area contributed by atoms with Crippen molar-refractivity contribution in [1.82, 2.24) is 0 Å². The summed E-state index contributed by atoms with van der Waals surface area (Å²) in [5.41, 5.74) is 0. The second kappa shape index (κ2) is 53.8. The molecule has 398 valence electrons. The van der Waals surface area contributed by atoms with E-state index in [1.54, 1.807) is 0 Å². The zero-order valence-corrected chi connectivity index (χ0v) is 46.0. The number of ether oxygens (including phenoxy) is 3. The fourth-order valence-corrected chi connectivity index (χ4v) is 9.37. The Kier molecular flexibility index (Phi) is 52.5. The van der Waals surface area contributed by atoms with Crippen LogP contribution in [0.1, 0.15) is 343 Å². The summed E-state index contributed by atoms with van der Waals surface area (Å²) in [6.07, 6.45) is 58.2. The Morgan fingerprint density at radius 1 is 0.313 bits per heavy atom. The van der Waals surface area contributed by atoms with Gasteiger partial charge in [0.1, 0.15) is 13.2 Å². The quantitative estimate of drug-likeness (QED) is 0.0343. The molecule has 0 aliphatic rings. The van der Waals surface area contributed by atoms with Gasteiger partial charge >= 0.3 is 17.9 Å². The number of carbonyl (C=O) groups is 3. The van der Waals surface area contributed by atoms with Crippen LogP contribution in [0.2, 0.25) is 0 Å². The van der Waals surface area contributed by atoms with Gasteiger partial charge in [-0.25, -0.2) is 0 Å². The fraction of sp³-hybridized carbons (Fsp3) is 0.951. The van der Waals surface area contributed by atoms with Crippen LogP contribution in [0.3, 0.4) is 0 Å². The Bertz CT molecular complexity index is 1030. The maximum Gasteiger partial charge on any atom is 0.306 e. The lowest BCUT2D eigenvalue weighted by molar-refractivity contribution is -0.167. The van der Waals surface area contributed by atoms with Crippen LogP contribution in [0.25, 0.3) is 0 Å². The van der Waals surface area contributed by atoms with E-state index in [-0.39, 0.29) is 31.1 Å². The number of rotatable bonds is 55. The minimum absolute atomic E-state index is 0.0624. The Hall–Kier alpha value is -1.59. The van der Waals surface area contributed by atoms with Gasteiger partial charge in [0.15, 0.2) is 6.10 Å². The third-order valence-corrected chi connectivity index (χ3v) is 14.3. The van der Waals surface area contributed by atoms with Gasteiger partial charge < -0.3 is 14.2 Å². The average molecular weight is 948 g/mol. The summed E-state index contributed by atoms with van der Waals surface area (Å²) in [6, 6.07) is 0. The van der Waals surface area contributed by atoms with Crippen molar-refractivity contribution in [1.29, 1.82) is 0 Å². The molecule has 0 aromatic heterocycles. The maximum absolute atomic E-state index is 12.8. The van der Waals surface area contributed by atoms with E-state index < -0.39 is 6.10 Å². The van der Waals surface area contributed by atoms with Crippen LogP contribution in [0.4, 0.5) is 0 Å². The van der Waals surface area contributed by atoms with Gasteiger partial charge in [-0.2, -0.15) is 0 Å². The molecule has 67 heavy (non-hydrogen) atoms. The highest BCUT2D eigenvalue weighted by Crippen LogP contribution is 2.19. The molecule has 6 heteroatoms. The summed E-state index contributed by atoms with van der Waals surface area (Å²) in [5, 5.41) is 0. The van der Waals surface area contributed by atoms with Crippen LogP contribution in [0.5, 0.6) is 0 Å². The lowest BCUT2D eigenvalue weighted by Gasteiger charge is -2.18. The smallest absolute Gasteiger partial charge is 0.306 e. The van der Waals surface area contributed by atoms with Crippen LogP contribution in [-0.2, 0) is 28.6 Å². The van der Waals surface area contributed by atoms with Crippen LogP contribution < -0.4 is 0 Å². The molecule has 0 saturated carbocycles. The Labute approximate surface area is 418 Å². The van der Waals surface area contributed by atoms with E-state index in [2.05, 4.69) is 34.6 Å². The first-order valence-electron chi connectivity index (χ1n) is 30.3. The van der Waals surface area contributed by atoms with Crippen LogP contribution in [-0.4, -0.2) is 37.2 Å². The number of carbonyl (C=O) groups excluding carboxylic acids is 3. The molecule has 0 aromatic carbocycles. The predicted molar refractivity (Wildman–Crippen MR) is 289 cm³/mol. The molecule has 0 amide bonds. The van der Waals surface area contributed by atoms with Gasteiger partial charge in [0.2, 0.25) is 0 Å². The second-order valence-corrected chi connectivity index (χ2v) is 21.7. The number of esters is 3. The molecule has 2 atom stereocenters. The van der Waals surface area contributed by atoms with Crippen molar-refractivity contribution in [2.24, 2.45) is 11.8 Å². The summed E-state index contributed by atoms with van der Waals surface area (Å²) >= 11 is 0. The van der Waals surface area contributed by atoms with Crippen molar-refractivity contribution in [2.45, 2.75) is 349 Å². The first-order valence-corrected chi connectivity index (χ1v) is 30.3. The monoisotopic (exact) mass is 947 g/mol. The zero-order valence-electron chi connectivity index (χ0n) is 46.0. The second-order valence-electron chi connectivity index (χ2n) is 21.7. The van der Waals surface area contributed by atoms with Gasteiger partial charge in [-0.15, -0.1) is 0 Å².